The van der Waals surface area contributed by atoms with Crippen molar-refractivity contribution in [2.45, 2.75) is 0 Å². The van der Waals surface area contributed by atoms with Gasteiger partial charge in [-0.05, 0) is 72.3 Å². The van der Waals surface area contributed by atoms with Crippen LogP contribution in [0.1, 0.15) is 72.5 Å². The van der Waals surface area contributed by atoms with Gasteiger partial charge in [-0.25, -0.2) is 22.2 Å². The number of anilines is 2. The van der Waals surface area contributed by atoms with Gasteiger partial charge in [-0.3, -0.25) is 39.4 Å². The number of aromatic carboxylic acids is 1. The number of halogens is 6. The van der Waals surface area contributed by atoms with E-state index in [2.05, 4.69) is 37.3 Å². The number of hydrogen-bond donors (Lipinski definition) is 5. The lowest BCUT2D eigenvalue weighted by Crippen LogP contribution is -2.21. The van der Waals surface area contributed by atoms with Crippen molar-refractivity contribution in [3.05, 3.63) is 166 Å². The molecule has 7 rings (SSSR count). The summed E-state index contributed by atoms with van der Waals surface area (Å²) in [6, 6.07) is 25.7. The van der Waals surface area contributed by atoms with E-state index in [9.17, 15) is 46.7 Å². The summed E-state index contributed by atoms with van der Waals surface area (Å²) in [5.74, 6) is -5.75. The Morgan fingerprint density at radius 2 is 1.00 bits per heavy atom. The Labute approximate surface area is 336 Å². The maximum Gasteiger partial charge on any atom is 0.338 e. The van der Waals surface area contributed by atoms with Crippen molar-refractivity contribution in [3.8, 4) is 0 Å². The zero-order chi connectivity index (χ0) is 42.4. The van der Waals surface area contributed by atoms with E-state index in [1.807, 2.05) is 0 Å². The van der Waals surface area contributed by atoms with Crippen molar-refractivity contribution in [2.75, 3.05) is 11.1 Å². The standard InChI is InChI=1S/C15H9FN2O3.C8H6N2O2.C7H4ClFO.C7H5FO2.Cl2OS/c16-10-6-2-1-4-8(10)13(19)17-11-7-3-5-9-12(11)15(21)18-14(9)20;9-5-3-1-2-4-6(5)8(12)10-7(4)11;8-7(10)5-3-1-2-4-6(5)9;8-6-4-2-1-3-5(6)7(9)10;1-4(2)3/h1-7H,(H,17,19)(H,18,20,21);1-3H,9H2,(H,10,11,12);1-4H;1-4H,(H,9,10);. The van der Waals surface area contributed by atoms with Crippen LogP contribution in [0.15, 0.2) is 109 Å². The first kappa shape index (κ1) is 45.0. The molecule has 2 aliphatic rings. The predicted octanol–water partition coefficient (Wildman–Crippen LogP) is 6.89. The number of carbonyl (C=O) groups excluding carboxylic acids is 6. The van der Waals surface area contributed by atoms with E-state index >= 15 is 0 Å². The third kappa shape index (κ3) is 12.6. The fourth-order valence-corrected chi connectivity index (χ4v) is 4.81. The van der Waals surface area contributed by atoms with Crippen LogP contribution in [0.4, 0.5) is 24.5 Å². The summed E-state index contributed by atoms with van der Waals surface area (Å²) in [5, 5.41) is 14.3. The molecule has 13 nitrogen and oxygen atoms in total. The predicted molar refractivity (Wildman–Crippen MR) is 205 cm³/mol. The van der Waals surface area contributed by atoms with Gasteiger partial charge in [0, 0.05) is 27.1 Å². The van der Waals surface area contributed by atoms with E-state index < -0.39 is 61.5 Å². The Kier molecular flexibility index (Phi) is 16.6. The zero-order valence-corrected chi connectivity index (χ0v) is 31.4. The average Bonchev–Trinajstić information content (AvgIpc) is 3.62. The number of carbonyl (C=O) groups is 7. The lowest BCUT2D eigenvalue weighted by molar-refractivity contribution is 0.0689. The number of nitrogen functional groups attached to an aromatic ring is 1. The first-order valence-electron chi connectivity index (χ1n) is 15.4. The number of amides is 5. The van der Waals surface area contributed by atoms with Gasteiger partial charge in [0.15, 0.2) is 0 Å². The lowest BCUT2D eigenvalue weighted by atomic mass is 10.1. The largest absolute Gasteiger partial charge is 0.478 e. The molecule has 294 valence electrons. The van der Waals surface area contributed by atoms with Gasteiger partial charge >= 0.3 is 5.97 Å². The quantitative estimate of drug-likeness (QED) is 0.0716. The lowest BCUT2D eigenvalue weighted by Gasteiger charge is -2.08. The second kappa shape index (κ2) is 21.1. The van der Waals surface area contributed by atoms with Gasteiger partial charge < -0.3 is 16.2 Å². The Balaban J connectivity index is 0.000000208. The minimum atomic E-state index is -1.67. The smallest absolute Gasteiger partial charge is 0.338 e. The first-order valence-corrected chi connectivity index (χ1v) is 18.6. The molecule has 0 radical (unpaired) electrons. The number of benzene rings is 5. The molecule has 6 N–H and O–H groups in total. The molecule has 0 atom stereocenters. The van der Waals surface area contributed by atoms with Crippen LogP contribution in [0.25, 0.3) is 0 Å². The zero-order valence-electron chi connectivity index (χ0n) is 28.4. The van der Waals surface area contributed by atoms with Gasteiger partial charge in [-0.15, -0.1) is 0 Å². The summed E-state index contributed by atoms with van der Waals surface area (Å²) in [6.07, 6.45) is 0. The van der Waals surface area contributed by atoms with Gasteiger partial charge in [0.2, 0.25) is 9.23 Å². The molecule has 57 heavy (non-hydrogen) atoms. The molecule has 5 aromatic rings. The number of fused-ring (bicyclic) bond motifs is 2. The van der Waals surface area contributed by atoms with Crippen molar-refractivity contribution in [3.63, 3.8) is 0 Å². The van der Waals surface area contributed by atoms with Crippen LogP contribution >= 0.6 is 33.0 Å². The topological polar surface area (TPSA) is 219 Å². The molecule has 0 saturated heterocycles. The number of carboxylic acids is 1. The van der Waals surface area contributed by atoms with Crippen molar-refractivity contribution >= 4 is 94.3 Å². The third-order valence-electron chi connectivity index (χ3n) is 7.12. The van der Waals surface area contributed by atoms with Gasteiger partial charge in [0.05, 0.1) is 44.6 Å². The third-order valence-corrected chi connectivity index (χ3v) is 7.32. The van der Waals surface area contributed by atoms with Gasteiger partial charge in [0.25, 0.3) is 34.8 Å². The number of nitrogens with one attached hydrogen (secondary N) is 3. The Morgan fingerprint density at radius 1 is 0.596 bits per heavy atom. The molecule has 5 aromatic carbocycles. The number of hydrogen-bond acceptors (Lipinski definition) is 9. The van der Waals surface area contributed by atoms with Gasteiger partial charge in [-0.2, -0.15) is 0 Å². The Morgan fingerprint density at radius 3 is 1.40 bits per heavy atom. The van der Waals surface area contributed by atoms with Crippen LogP contribution in [-0.2, 0) is 9.23 Å². The molecule has 0 unspecified atom stereocenters. The second-order valence-corrected chi connectivity index (χ2v) is 13.6. The molecular weight excluding hydrogens is 840 g/mol. The molecule has 0 saturated carbocycles. The molecule has 0 fully saturated rings. The summed E-state index contributed by atoms with van der Waals surface area (Å²) in [4.78, 5) is 78.0. The second-order valence-electron chi connectivity index (χ2n) is 10.7. The minimum absolute atomic E-state index is 0.0795. The molecule has 2 aliphatic heterocycles. The maximum atomic E-state index is 13.6. The fourth-order valence-electron chi connectivity index (χ4n) is 4.66. The highest BCUT2D eigenvalue weighted by atomic mass is 36.0. The summed E-state index contributed by atoms with van der Waals surface area (Å²) < 4.78 is 47.6. The van der Waals surface area contributed by atoms with Crippen molar-refractivity contribution in [1.29, 1.82) is 0 Å². The van der Waals surface area contributed by atoms with Crippen LogP contribution in [0.5, 0.6) is 0 Å². The monoisotopic (exact) mass is 862 g/mol. The Bertz CT molecular complexity index is 2360. The Hall–Kier alpha value is -6.40. The summed E-state index contributed by atoms with van der Waals surface area (Å²) in [5.41, 5.74) is 6.45. The highest BCUT2D eigenvalue weighted by Gasteiger charge is 2.30. The van der Waals surface area contributed by atoms with E-state index in [1.54, 1.807) is 24.3 Å². The average molecular weight is 864 g/mol. The minimum Gasteiger partial charge on any atom is -0.478 e. The molecule has 0 bridgehead atoms. The number of imide groups is 2. The van der Waals surface area contributed by atoms with E-state index in [0.29, 0.717) is 16.8 Å². The van der Waals surface area contributed by atoms with Crippen LogP contribution in [-0.4, -0.2) is 50.1 Å². The van der Waals surface area contributed by atoms with Crippen LogP contribution in [0.3, 0.4) is 0 Å². The number of rotatable bonds is 4. The molecule has 5 amide bonds. The number of nitrogens with two attached hydrogens (primary N) is 1. The van der Waals surface area contributed by atoms with Crippen molar-refractivity contribution < 1.29 is 56.0 Å². The van der Waals surface area contributed by atoms with Crippen LogP contribution < -0.4 is 21.7 Å². The van der Waals surface area contributed by atoms with Gasteiger partial charge in [-0.1, -0.05) is 48.5 Å². The summed E-state index contributed by atoms with van der Waals surface area (Å²) in [7, 11) is 7.36. The highest BCUT2D eigenvalue weighted by Crippen LogP contribution is 2.25. The van der Waals surface area contributed by atoms with Crippen LogP contribution in [0.2, 0.25) is 0 Å². The molecule has 0 spiro atoms. The summed E-state index contributed by atoms with van der Waals surface area (Å²) in [6.45, 7) is 0. The maximum absolute atomic E-state index is 13.6. The highest BCUT2D eigenvalue weighted by molar-refractivity contribution is 8.26. The van der Waals surface area contributed by atoms with Gasteiger partial charge in [0.1, 0.15) is 17.5 Å². The van der Waals surface area contributed by atoms with Crippen LogP contribution in [0, 0.1) is 17.5 Å². The molecule has 2 heterocycles. The van der Waals surface area contributed by atoms with E-state index in [0.717, 1.165) is 6.07 Å². The van der Waals surface area contributed by atoms with Crippen molar-refractivity contribution in [1.82, 2.24) is 10.6 Å². The van der Waals surface area contributed by atoms with E-state index in [-0.39, 0.29) is 39.4 Å². The molecular formula is C37H24Cl3F3N4O9S. The van der Waals surface area contributed by atoms with Crippen molar-refractivity contribution in [2.24, 2.45) is 0 Å². The summed E-state index contributed by atoms with van der Waals surface area (Å²) >= 11 is 5.03. The molecule has 0 aromatic heterocycles. The fraction of sp³-hybridized carbons (Fsp3) is 0. The molecule has 20 heteroatoms. The molecule has 0 aliphatic carbocycles. The first-order chi connectivity index (χ1) is 26.9. The van der Waals surface area contributed by atoms with E-state index in [4.69, 9.17) is 26.7 Å². The normalized spacial score (nSPS) is 11.6. The number of carboxylic acid groups (broad SMARTS) is 1. The van der Waals surface area contributed by atoms with E-state index in [1.165, 1.54) is 78.9 Å². The SMILES string of the molecule is Nc1cccc2c1C(=O)NC2=O.O=C(Cl)c1ccccc1F.O=C(Nc1cccc2c1C(=O)NC2=O)c1ccccc1F.O=C(O)c1ccccc1F.O=S(Cl)Cl.